The molecule has 2 nitrogen and oxygen atoms in total. The second-order valence-electron chi connectivity index (χ2n) is 2.99. The monoisotopic (exact) mass is 183 g/mol. The summed E-state index contributed by atoms with van der Waals surface area (Å²) in [6, 6.07) is 1.91. The zero-order valence-electron chi connectivity index (χ0n) is 6.93. The zero-order valence-corrected chi connectivity index (χ0v) is 7.69. The van der Waals surface area contributed by atoms with Crippen molar-refractivity contribution in [3.8, 4) is 0 Å². The maximum Gasteiger partial charge on any atom is 0.129 e. The molecule has 0 radical (unpaired) electrons. The smallest absolute Gasteiger partial charge is 0.129 e. The highest BCUT2D eigenvalue weighted by molar-refractivity contribution is 6.29. The molecule has 2 rings (SSSR count). The molecule has 0 fully saturated rings. The van der Waals surface area contributed by atoms with Crippen molar-refractivity contribution in [2.45, 2.75) is 20.0 Å². The molecule has 0 aromatic carbocycles. The molecule has 0 atom stereocenters. The quantitative estimate of drug-likeness (QED) is 0.575. The molecule has 0 saturated heterocycles. The van der Waals surface area contributed by atoms with Crippen molar-refractivity contribution < 1.29 is 4.74 Å². The number of pyridine rings is 1. The van der Waals surface area contributed by atoms with Crippen LogP contribution in [0, 0.1) is 6.92 Å². The van der Waals surface area contributed by atoms with Gasteiger partial charge in [-0.2, -0.15) is 0 Å². The van der Waals surface area contributed by atoms with E-state index in [2.05, 4.69) is 11.9 Å². The molecule has 0 aliphatic carbocycles. The Bertz CT molecular complexity index is 312. The Morgan fingerprint density at radius 1 is 1.58 bits per heavy atom. The molecular formula is C9H10ClNO. The van der Waals surface area contributed by atoms with Gasteiger partial charge in [-0.15, -0.1) is 0 Å². The van der Waals surface area contributed by atoms with Crippen LogP contribution in [0.2, 0.25) is 5.15 Å². The fraction of sp³-hybridized carbons (Fsp3) is 0.444. The second kappa shape index (κ2) is 3.04. The van der Waals surface area contributed by atoms with Crippen LogP contribution in [0.3, 0.4) is 0 Å². The zero-order chi connectivity index (χ0) is 8.55. The second-order valence-corrected chi connectivity index (χ2v) is 3.38. The Balaban J connectivity index is 2.53. The van der Waals surface area contributed by atoms with E-state index in [4.69, 9.17) is 16.3 Å². The average molecular weight is 184 g/mol. The van der Waals surface area contributed by atoms with E-state index in [0.29, 0.717) is 11.8 Å². The normalized spacial score (nSPS) is 15.8. The van der Waals surface area contributed by atoms with Gasteiger partial charge in [0.1, 0.15) is 5.15 Å². The van der Waals surface area contributed by atoms with E-state index in [1.165, 1.54) is 11.1 Å². The summed E-state index contributed by atoms with van der Waals surface area (Å²) in [5, 5.41) is 0.566. The standard InChI is InChI=1S/C9H10ClNO/c1-6-4-9(10)11-8-5-12-3-2-7(6)8/h4H,2-3,5H2,1H3. The first-order valence-corrected chi connectivity index (χ1v) is 4.38. The highest BCUT2D eigenvalue weighted by Gasteiger charge is 2.13. The number of hydrogen-bond acceptors (Lipinski definition) is 2. The van der Waals surface area contributed by atoms with Gasteiger partial charge in [0, 0.05) is 0 Å². The summed E-state index contributed by atoms with van der Waals surface area (Å²) in [5.41, 5.74) is 3.55. The van der Waals surface area contributed by atoms with Crippen LogP contribution in [0.25, 0.3) is 0 Å². The van der Waals surface area contributed by atoms with Crippen LogP contribution in [0.4, 0.5) is 0 Å². The lowest BCUT2D eigenvalue weighted by Gasteiger charge is -2.17. The molecule has 0 bridgehead atoms. The van der Waals surface area contributed by atoms with Gasteiger partial charge in [0.2, 0.25) is 0 Å². The summed E-state index contributed by atoms with van der Waals surface area (Å²) in [6.07, 6.45) is 0.964. The van der Waals surface area contributed by atoms with E-state index < -0.39 is 0 Å². The first-order chi connectivity index (χ1) is 5.77. The van der Waals surface area contributed by atoms with Gasteiger partial charge in [-0.1, -0.05) is 11.6 Å². The summed E-state index contributed by atoms with van der Waals surface area (Å²) in [4.78, 5) is 4.21. The number of halogens is 1. The van der Waals surface area contributed by atoms with Crippen molar-refractivity contribution >= 4 is 11.6 Å². The Morgan fingerprint density at radius 3 is 3.25 bits per heavy atom. The number of fused-ring (bicyclic) bond motifs is 1. The van der Waals surface area contributed by atoms with Crippen molar-refractivity contribution in [2.24, 2.45) is 0 Å². The Morgan fingerprint density at radius 2 is 2.42 bits per heavy atom. The Labute approximate surface area is 76.5 Å². The molecule has 12 heavy (non-hydrogen) atoms. The first kappa shape index (κ1) is 8.02. The maximum absolute atomic E-state index is 5.82. The van der Waals surface area contributed by atoms with Gasteiger partial charge in [-0.05, 0) is 30.5 Å². The van der Waals surface area contributed by atoms with Gasteiger partial charge in [-0.25, -0.2) is 4.98 Å². The van der Waals surface area contributed by atoms with Gasteiger partial charge in [-0.3, -0.25) is 0 Å². The van der Waals surface area contributed by atoms with Gasteiger partial charge < -0.3 is 4.74 Å². The van der Waals surface area contributed by atoms with E-state index in [1.807, 2.05) is 6.07 Å². The van der Waals surface area contributed by atoms with Crippen LogP contribution in [0.1, 0.15) is 16.8 Å². The van der Waals surface area contributed by atoms with Gasteiger partial charge >= 0.3 is 0 Å². The number of ether oxygens (including phenoxy) is 1. The minimum atomic E-state index is 0.566. The maximum atomic E-state index is 5.82. The summed E-state index contributed by atoms with van der Waals surface area (Å²) >= 11 is 5.82. The van der Waals surface area contributed by atoms with E-state index in [-0.39, 0.29) is 0 Å². The van der Waals surface area contributed by atoms with E-state index >= 15 is 0 Å². The minimum absolute atomic E-state index is 0.566. The molecule has 1 aromatic heterocycles. The third-order valence-electron chi connectivity index (χ3n) is 2.14. The van der Waals surface area contributed by atoms with Gasteiger partial charge in [0.15, 0.2) is 0 Å². The van der Waals surface area contributed by atoms with E-state index in [1.54, 1.807) is 0 Å². The highest BCUT2D eigenvalue weighted by Crippen LogP contribution is 2.21. The summed E-state index contributed by atoms with van der Waals surface area (Å²) < 4.78 is 5.28. The number of aryl methyl sites for hydroxylation is 1. The van der Waals surface area contributed by atoms with Crippen LogP contribution >= 0.6 is 11.6 Å². The molecule has 0 N–H and O–H groups in total. The first-order valence-electron chi connectivity index (χ1n) is 4.00. The summed E-state index contributed by atoms with van der Waals surface area (Å²) in [7, 11) is 0. The SMILES string of the molecule is Cc1cc(Cl)nc2c1CCOC2. The third kappa shape index (κ3) is 1.32. The molecule has 3 heteroatoms. The van der Waals surface area contributed by atoms with Crippen molar-refractivity contribution in [1.82, 2.24) is 4.98 Å². The fourth-order valence-corrected chi connectivity index (χ4v) is 1.79. The largest absolute Gasteiger partial charge is 0.375 e. The third-order valence-corrected chi connectivity index (χ3v) is 2.33. The molecule has 0 amide bonds. The number of nitrogens with zero attached hydrogens (tertiary/aromatic N) is 1. The van der Waals surface area contributed by atoms with Crippen molar-refractivity contribution in [2.75, 3.05) is 6.61 Å². The summed E-state index contributed by atoms with van der Waals surface area (Å²) in [6.45, 7) is 3.48. The average Bonchev–Trinajstić information content (AvgIpc) is 2.04. The van der Waals surface area contributed by atoms with Crippen LogP contribution in [0.15, 0.2) is 6.07 Å². The lowest BCUT2D eigenvalue weighted by Crippen LogP contribution is -2.13. The van der Waals surface area contributed by atoms with Crippen molar-refractivity contribution in [1.29, 1.82) is 0 Å². The molecule has 64 valence electrons. The number of aromatic nitrogens is 1. The van der Waals surface area contributed by atoms with E-state index in [9.17, 15) is 0 Å². The fourth-order valence-electron chi connectivity index (χ4n) is 1.53. The Hall–Kier alpha value is -0.600. The van der Waals surface area contributed by atoms with Gasteiger partial charge in [0.05, 0.1) is 18.9 Å². The molecule has 0 saturated carbocycles. The number of rotatable bonds is 0. The molecule has 1 aromatic rings. The molecule has 1 aliphatic heterocycles. The van der Waals surface area contributed by atoms with Crippen LogP contribution < -0.4 is 0 Å². The lowest BCUT2D eigenvalue weighted by atomic mass is 10.0. The van der Waals surface area contributed by atoms with Crippen LogP contribution in [-0.2, 0) is 17.8 Å². The number of hydrogen-bond donors (Lipinski definition) is 0. The molecular weight excluding hydrogens is 174 g/mol. The van der Waals surface area contributed by atoms with E-state index in [0.717, 1.165) is 18.7 Å². The topological polar surface area (TPSA) is 22.1 Å². The Kier molecular flexibility index (Phi) is 2.03. The van der Waals surface area contributed by atoms with Crippen LogP contribution in [0.5, 0.6) is 0 Å². The predicted molar refractivity (Wildman–Crippen MR) is 47.3 cm³/mol. The van der Waals surface area contributed by atoms with Gasteiger partial charge in [0.25, 0.3) is 0 Å². The molecule has 2 heterocycles. The minimum Gasteiger partial charge on any atom is -0.375 e. The molecule has 0 spiro atoms. The van der Waals surface area contributed by atoms with Crippen molar-refractivity contribution in [3.05, 3.63) is 28.0 Å². The molecule has 0 unspecified atom stereocenters. The summed E-state index contributed by atoms with van der Waals surface area (Å²) in [5.74, 6) is 0. The van der Waals surface area contributed by atoms with Crippen molar-refractivity contribution in [3.63, 3.8) is 0 Å². The van der Waals surface area contributed by atoms with Crippen LogP contribution in [-0.4, -0.2) is 11.6 Å². The predicted octanol–water partition coefficient (Wildman–Crippen LogP) is 2.12. The lowest BCUT2D eigenvalue weighted by molar-refractivity contribution is 0.107. The molecule has 1 aliphatic rings. The highest BCUT2D eigenvalue weighted by atomic mass is 35.5.